The normalized spacial score (nSPS) is 52.3. The number of aliphatic hydroxyl groups excluding tert-OH is 4. The summed E-state index contributed by atoms with van der Waals surface area (Å²) in [6.07, 6.45) is -7.27. The molecule has 0 radical (unpaired) electrons. The molecule has 1 fully saturated rings. The highest BCUT2D eigenvalue weighted by molar-refractivity contribution is 5.90. The van der Waals surface area contributed by atoms with Crippen LogP contribution in [0.1, 0.15) is 6.92 Å². The molecule has 6 nitrogen and oxygen atoms in total. The van der Waals surface area contributed by atoms with Crippen LogP contribution in [0.15, 0.2) is 0 Å². The Morgan fingerprint density at radius 2 is 1.69 bits per heavy atom. The van der Waals surface area contributed by atoms with Gasteiger partial charge in [0.25, 0.3) is 0 Å². The van der Waals surface area contributed by atoms with Gasteiger partial charge in [-0.05, 0) is 6.92 Å². The molecule has 0 aliphatic heterocycles. The smallest absolute Gasteiger partial charge is 0.195 e. The van der Waals surface area contributed by atoms with Gasteiger partial charge in [-0.2, -0.15) is 0 Å². The fourth-order valence-corrected chi connectivity index (χ4v) is 1.30. The zero-order chi connectivity index (χ0) is 10.4. The molecular weight excluding hydrogens is 180 g/mol. The Balaban J connectivity index is 3.00. The van der Waals surface area contributed by atoms with Gasteiger partial charge in [0.1, 0.15) is 30.0 Å². The van der Waals surface area contributed by atoms with Crippen molar-refractivity contribution in [2.45, 2.75) is 36.9 Å². The number of rotatable bonds is 0. The van der Waals surface area contributed by atoms with Gasteiger partial charge in [0.05, 0.1) is 0 Å². The Hall–Kier alpha value is -0.530. The highest BCUT2D eigenvalue weighted by atomic mass is 16.4. The van der Waals surface area contributed by atoms with E-state index in [1.807, 2.05) is 0 Å². The lowest BCUT2D eigenvalue weighted by atomic mass is 9.77. The van der Waals surface area contributed by atoms with E-state index in [-0.39, 0.29) is 0 Å². The maximum absolute atomic E-state index is 11.0. The van der Waals surface area contributed by atoms with E-state index in [0.29, 0.717) is 0 Å². The number of ketones is 1. The van der Waals surface area contributed by atoms with Crippen LogP contribution in [0.25, 0.3) is 0 Å². The molecule has 0 heterocycles. The molecule has 0 saturated heterocycles. The second-order valence-electron chi connectivity index (χ2n) is 3.41. The van der Waals surface area contributed by atoms with Gasteiger partial charge >= 0.3 is 0 Å². The van der Waals surface area contributed by atoms with Crippen LogP contribution in [-0.4, -0.2) is 61.3 Å². The van der Waals surface area contributed by atoms with Crippen LogP contribution in [0.4, 0.5) is 0 Å². The SMILES string of the molecule is CC1(O)C(O)C(=O)C(O)C(O)C1O. The molecule has 0 aromatic heterocycles. The fourth-order valence-electron chi connectivity index (χ4n) is 1.30. The van der Waals surface area contributed by atoms with Crippen LogP contribution in [0.2, 0.25) is 0 Å². The monoisotopic (exact) mass is 192 g/mol. The zero-order valence-electron chi connectivity index (χ0n) is 6.95. The molecule has 6 heteroatoms. The molecule has 1 rings (SSSR count). The maximum atomic E-state index is 11.0. The lowest BCUT2D eigenvalue weighted by Gasteiger charge is -2.41. The first kappa shape index (κ1) is 10.6. The molecule has 5 atom stereocenters. The quantitative estimate of drug-likeness (QED) is 0.275. The van der Waals surface area contributed by atoms with E-state index >= 15 is 0 Å². The third-order valence-electron chi connectivity index (χ3n) is 2.36. The second-order valence-corrected chi connectivity index (χ2v) is 3.41. The van der Waals surface area contributed by atoms with Crippen LogP contribution < -0.4 is 0 Å². The highest BCUT2D eigenvalue weighted by Crippen LogP contribution is 2.26. The first-order valence-corrected chi connectivity index (χ1v) is 3.78. The van der Waals surface area contributed by atoms with Crippen LogP contribution in [0.5, 0.6) is 0 Å². The average molecular weight is 192 g/mol. The highest BCUT2D eigenvalue weighted by Gasteiger charge is 2.54. The zero-order valence-corrected chi connectivity index (χ0v) is 6.95. The molecule has 5 unspecified atom stereocenters. The van der Waals surface area contributed by atoms with Crippen molar-refractivity contribution >= 4 is 5.78 Å². The average Bonchev–Trinajstić information content (AvgIpc) is 2.09. The van der Waals surface area contributed by atoms with Gasteiger partial charge in [-0.3, -0.25) is 4.79 Å². The number of hydrogen-bond acceptors (Lipinski definition) is 6. The lowest BCUT2D eigenvalue weighted by molar-refractivity contribution is -0.216. The number of hydrogen-bond donors (Lipinski definition) is 5. The van der Waals surface area contributed by atoms with Gasteiger partial charge in [0, 0.05) is 0 Å². The van der Waals surface area contributed by atoms with Gasteiger partial charge in [-0.25, -0.2) is 0 Å². The fraction of sp³-hybridized carbons (Fsp3) is 0.857. The van der Waals surface area contributed by atoms with E-state index in [4.69, 9.17) is 15.3 Å². The van der Waals surface area contributed by atoms with Gasteiger partial charge in [-0.15, -0.1) is 0 Å². The van der Waals surface area contributed by atoms with Crippen LogP contribution in [0.3, 0.4) is 0 Å². The van der Waals surface area contributed by atoms with Crippen molar-refractivity contribution in [1.29, 1.82) is 0 Å². The van der Waals surface area contributed by atoms with E-state index < -0.39 is 35.8 Å². The van der Waals surface area contributed by atoms with Gasteiger partial charge < -0.3 is 25.5 Å². The topological polar surface area (TPSA) is 118 Å². The molecule has 76 valence electrons. The number of carbonyl (C=O) groups is 1. The summed E-state index contributed by atoms with van der Waals surface area (Å²) in [7, 11) is 0. The van der Waals surface area contributed by atoms with Crippen molar-refractivity contribution < 1.29 is 30.3 Å². The lowest BCUT2D eigenvalue weighted by Crippen LogP contribution is -2.67. The minimum atomic E-state index is -2.13. The third-order valence-corrected chi connectivity index (χ3v) is 2.36. The molecule has 0 aromatic rings. The summed E-state index contributed by atoms with van der Waals surface area (Å²) in [4.78, 5) is 11.0. The van der Waals surface area contributed by atoms with Crippen molar-refractivity contribution in [2.24, 2.45) is 0 Å². The molecule has 0 amide bonds. The first-order valence-electron chi connectivity index (χ1n) is 3.78. The molecule has 5 N–H and O–H groups in total. The molecule has 0 spiro atoms. The molecule has 0 aromatic carbocycles. The van der Waals surface area contributed by atoms with Crippen molar-refractivity contribution in [3.05, 3.63) is 0 Å². The molecule has 1 saturated carbocycles. The number of Topliss-reactive ketones (excluding diaryl/α,β-unsaturated/α-hetero) is 1. The predicted molar refractivity (Wildman–Crippen MR) is 39.7 cm³/mol. The second kappa shape index (κ2) is 3.00. The van der Waals surface area contributed by atoms with Gasteiger partial charge in [-0.1, -0.05) is 0 Å². The van der Waals surface area contributed by atoms with Gasteiger partial charge in [0.15, 0.2) is 5.78 Å². The first-order chi connectivity index (χ1) is 5.80. The summed E-state index contributed by atoms with van der Waals surface area (Å²) < 4.78 is 0. The largest absolute Gasteiger partial charge is 0.387 e. The van der Waals surface area contributed by atoms with Crippen LogP contribution in [-0.2, 0) is 4.79 Å². The predicted octanol–water partition coefficient (Wildman–Crippen LogP) is -3.24. The Morgan fingerprint density at radius 3 is 2.15 bits per heavy atom. The van der Waals surface area contributed by atoms with Crippen LogP contribution in [0, 0.1) is 0 Å². The Kier molecular flexibility index (Phi) is 2.44. The van der Waals surface area contributed by atoms with E-state index in [1.54, 1.807) is 0 Å². The van der Waals surface area contributed by atoms with Crippen molar-refractivity contribution in [3.63, 3.8) is 0 Å². The Labute approximate surface area is 74.1 Å². The molecular formula is C7H12O6. The van der Waals surface area contributed by atoms with E-state index in [9.17, 15) is 15.0 Å². The van der Waals surface area contributed by atoms with E-state index in [2.05, 4.69) is 0 Å². The summed E-state index contributed by atoms with van der Waals surface area (Å²) >= 11 is 0. The molecule has 1 aliphatic rings. The van der Waals surface area contributed by atoms with Crippen LogP contribution >= 0.6 is 0 Å². The molecule has 13 heavy (non-hydrogen) atoms. The summed E-state index contributed by atoms with van der Waals surface area (Å²) in [5.41, 5.74) is -2.13. The minimum Gasteiger partial charge on any atom is -0.387 e. The van der Waals surface area contributed by atoms with Crippen molar-refractivity contribution in [2.75, 3.05) is 0 Å². The molecule has 0 bridgehead atoms. The number of aliphatic hydroxyl groups is 5. The van der Waals surface area contributed by atoms with Crippen molar-refractivity contribution in [3.8, 4) is 0 Å². The van der Waals surface area contributed by atoms with Crippen molar-refractivity contribution in [1.82, 2.24) is 0 Å². The number of carbonyl (C=O) groups excluding carboxylic acids is 1. The summed E-state index contributed by atoms with van der Waals surface area (Å²) in [6.45, 7) is 1.01. The summed E-state index contributed by atoms with van der Waals surface area (Å²) in [5.74, 6) is -1.09. The Bertz CT molecular complexity index is 225. The maximum Gasteiger partial charge on any atom is 0.195 e. The Morgan fingerprint density at radius 1 is 1.23 bits per heavy atom. The summed E-state index contributed by atoms with van der Waals surface area (Å²) in [6, 6.07) is 0. The standard InChI is InChI=1S/C7H12O6/c1-7(13)5(11)3(9)2(8)4(10)6(7)12/h2-3,5-6,8-9,11-13H,1H3. The minimum absolute atomic E-state index is 1.01. The van der Waals surface area contributed by atoms with E-state index in [1.165, 1.54) is 0 Å². The molecule has 1 aliphatic carbocycles. The summed E-state index contributed by atoms with van der Waals surface area (Å²) in [5, 5.41) is 45.8. The third kappa shape index (κ3) is 1.36. The van der Waals surface area contributed by atoms with Gasteiger partial charge in [0.2, 0.25) is 0 Å². The van der Waals surface area contributed by atoms with E-state index in [0.717, 1.165) is 6.92 Å².